The van der Waals surface area contributed by atoms with Gasteiger partial charge in [0, 0.05) is 24.4 Å². The van der Waals surface area contributed by atoms with Crippen LogP contribution in [0.2, 0.25) is 0 Å². The van der Waals surface area contributed by atoms with E-state index in [1.807, 2.05) is 13.8 Å². The van der Waals surface area contributed by atoms with Gasteiger partial charge in [0.25, 0.3) is 0 Å². The molecule has 0 saturated carbocycles. The molecule has 3 nitrogen and oxygen atoms in total. The summed E-state index contributed by atoms with van der Waals surface area (Å²) in [5.74, 6) is 0. The van der Waals surface area contributed by atoms with Crippen LogP contribution in [0.1, 0.15) is 13.8 Å². The Kier molecular flexibility index (Phi) is 5.59. The van der Waals surface area contributed by atoms with Gasteiger partial charge >= 0.3 is 8.25 Å². The molecule has 5 heteroatoms. The first-order valence-corrected chi connectivity index (χ1v) is 4.61. The van der Waals surface area contributed by atoms with E-state index in [2.05, 4.69) is 4.52 Å². The van der Waals surface area contributed by atoms with Crippen LogP contribution >= 0.6 is 20.3 Å². The molecule has 0 aliphatic rings. The second-order valence-corrected chi connectivity index (χ2v) is 4.39. The van der Waals surface area contributed by atoms with Crippen LogP contribution in [-0.2, 0) is 13.1 Å². The van der Waals surface area contributed by atoms with Crippen LogP contribution in [0.4, 0.5) is 0 Å². The van der Waals surface area contributed by atoms with Crippen molar-refractivity contribution < 1.29 is 13.1 Å². The fourth-order valence-corrected chi connectivity index (χ4v) is 1.53. The predicted octanol–water partition coefficient (Wildman–Crippen LogP) is 2.10. The minimum atomic E-state index is -2.21. The highest BCUT2D eigenvalue weighted by molar-refractivity contribution is 7.97. The lowest BCUT2D eigenvalue weighted by Crippen LogP contribution is -1.84. The van der Waals surface area contributed by atoms with Gasteiger partial charge in [0.15, 0.2) is 0 Å². The Morgan fingerprint density at radius 3 is 2.44 bits per heavy atom. The molecule has 0 aliphatic carbocycles. The van der Waals surface area contributed by atoms with Crippen LogP contribution < -0.4 is 0 Å². The molecular weight excluding hydrogens is 159 g/mol. The summed E-state index contributed by atoms with van der Waals surface area (Å²) in [4.78, 5) is 0. The van der Waals surface area contributed by atoms with Crippen LogP contribution in [0.3, 0.4) is 0 Å². The predicted molar refractivity (Wildman–Crippen MR) is 39.8 cm³/mol. The Balaban J connectivity index is 3.17. The summed E-state index contributed by atoms with van der Waals surface area (Å²) in [5, 5.41) is 0.328. The van der Waals surface area contributed by atoms with Crippen LogP contribution in [0.5, 0.6) is 0 Å². The molecule has 56 valence electrons. The molecule has 0 aromatic rings. The molecule has 0 spiro atoms. The first-order valence-electron chi connectivity index (χ1n) is 2.58. The smallest absolute Gasteiger partial charge is 0.313 e. The lowest BCUT2D eigenvalue weighted by Gasteiger charge is -2.01. The highest BCUT2D eigenvalue weighted by Crippen LogP contribution is 2.30. The van der Waals surface area contributed by atoms with E-state index in [0.717, 1.165) is 0 Å². The van der Waals surface area contributed by atoms with Gasteiger partial charge in [-0.05, 0) is 0 Å². The fourth-order valence-electron chi connectivity index (χ4n) is 0.170. The van der Waals surface area contributed by atoms with Crippen molar-refractivity contribution in [1.29, 1.82) is 0 Å². The molecule has 0 fully saturated rings. The Labute approximate surface area is 60.3 Å². The third-order valence-corrected chi connectivity index (χ3v) is 2.12. The largest absolute Gasteiger partial charge is 0.329 e. The van der Waals surface area contributed by atoms with Gasteiger partial charge in [-0.15, -0.1) is 0 Å². The molecule has 0 heterocycles. The lowest BCUT2D eigenvalue weighted by molar-refractivity contribution is 0.362. The maximum absolute atomic E-state index is 10.4. The molecule has 0 saturated heterocycles. The summed E-state index contributed by atoms with van der Waals surface area (Å²) in [6.45, 7) is 3.91. The molecule has 0 aliphatic heterocycles. The van der Waals surface area contributed by atoms with Gasteiger partial charge in [-0.25, -0.2) is 3.97 Å². The molecule has 1 unspecified atom stereocenters. The van der Waals surface area contributed by atoms with Gasteiger partial charge in [0.05, 0.1) is 0 Å². The van der Waals surface area contributed by atoms with Crippen molar-refractivity contribution in [2.75, 3.05) is 7.11 Å². The van der Waals surface area contributed by atoms with E-state index in [9.17, 15) is 4.57 Å². The minimum Gasteiger partial charge on any atom is -0.313 e. The molecule has 0 aromatic carbocycles. The summed E-state index contributed by atoms with van der Waals surface area (Å²) >= 11 is 1.17. The van der Waals surface area contributed by atoms with E-state index in [0.29, 0.717) is 5.25 Å². The third-order valence-electron chi connectivity index (χ3n) is 0.475. The molecule has 0 N–H and O–H groups in total. The summed E-state index contributed by atoms with van der Waals surface area (Å²) in [6, 6.07) is 0. The molecule has 0 rings (SSSR count). The molecular formula is C4H11O3PS. The molecule has 0 radical (unpaired) electrons. The van der Waals surface area contributed by atoms with Crippen molar-refractivity contribution in [3.63, 3.8) is 0 Å². The molecule has 1 atom stereocenters. The van der Waals surface area contributed by atoms with Crippen molar-refractivity contribution >= 4 is 20.3 Å². The maximum Gasteiger partial charge on any atom is 0.329 e. The molecule has 0 amide bonds. The lowest BCUT2D eigenvalue weighted by atomic mass is 10.6. The fraction of sp³-hybridized carbons (Fsp3) is 1.00. The van der Waals surface area contributed by atoms with E-state index in [4.69, 9.17) is 3.97 Å². The molecule has 9 heavy (non-hydrogen) atoms. The van der Waals surface area contributed by atoms with Gasteiger partial charge in [-0.2, -0.15) is 0 Å². The van der Waals surface area contributed by atoms with Gasteiger partial charge < -0.3 is 4.52 Å². The summed E-state index contributed by atoms with van der Waals surface area (Å²) in [7, 11) is -0.848. The van der Waals surface area contributed by atoms with Crippen molar-refractivity contribution in [2.45, 2.75) is 19.1 Å². The number of rotatable bonds is 4. The number of hydrogen-bond donors (Lipinski definition) is 0. The second-order valence-electron chi connectivity index (χ2n) is 1.68. The standard InChI is InChI=1S/C4H11O3PS/c1-4(2)9-7-8(5)6-3/h4,8H,1-3H3. The van der Waals surface area contributed by atoms with Crippen molar-refractivity contribution in [1.82, 2.24) is 0 Å². The summed E-state index contributed by atoms with van der Waals surface area (Å²) < 4.78 is 19.5. The number of hydrogen-bond acceptors (Lipinski definition) is 4. The van der Waals surface area contributed by atoms with E-state index in [1.165, 1.54) is 19.2 Å². The molecule has 0 bridgehead atoms. The zero-order valence-corrected chi connectivity index (χ0v) is 7.53. The zero-order chi connectivity index (χ0) is 7.28. The average molecular weight is 170 g/mol. The average Bonchev–Trinajstić information content (AvgIpc) is 1.83. The zero-order valence-electron chi connectivity index (χ0n) is 5.71. The second kappa shape index (κ2) is 5.30. The Morgan fingerprint density at radius 2 is 2.11 bits per heavy atom. The van der Waals surface area contributed by atoms with Gasteiger partial charge in [-0.3, -0.25) is 4.57 Å². The Bertz CT molecular complexity index is 95.8. The van der Waals surface area contributed by atoms with Gasteiger partial charge in [0.2, 0.25) is 0 Å². The van der Waals surface area contributed by atoms with Crippen LogP contribution in [-0.4, -0.2) is 12.4 Å². The van der Waals surface area contributed by atoms with E-state index >= 15 is 0 Å². The van der Waals surface area contributed by atoms with Crippen molar-refractivity contribution in [3.05, 3.63) is 0 Å². The maximum atomic E-state index is 10.4. The van der Waals surface area contributed by atoms with Crippen molar-refractivity contribution in [2.24, 2.45) is 0 Å². The minimum absolute atomic E-state index is 0.328. The molecule has 0 aromatic heterocycles. The van der Waals surface area contributed by atoms with Gasteiger partial charge in [-0.1, -0.05) is 13.8 Å². The SMILES string of the molecule is CO[PH](=O)OSC(C)C. The van der Waals surface area contributed by atoms with Gasteiger partial charge in [0.1, 0.15) is 0 Å². The monoisotopic (exact) mass is 170 g/mol. The summed E-state index contributed by atoms with van der Waals surface area (Å²) in [6.07, 6.45) is 0. The van der Waals surface area contributed by atoms with Crippen LogP contribution in [0.15, 0.2) is 0 Å². The topological polar surface area (TPSA) is 35.5 Å². The highest BCUT2D eigenvalue weighted by atomic mass is 32.2. The van der Waals surface area contributed by atoms with Crippen molar-refractivity contribution in [3.8, 4) is 0 Å². The van der Waals surface area contributed by atoms with E-state index in [1.54, 1.807) is 0 Å². The van der Waals surface area contributed by atoms with Crippen LogP contribution in [0, 0.1) is 0 Å². The quantitative estimate of drug-likeness (QED) is 0.478. The third kappa shape index (κ3) is 6.38. The first-order chi connectivity index (χ1) is 4.16. The first kappa shape index (κ1) is 9.50. The van der Waals surface area contributed by atoms with Crippen LogP contribution in [0.25, 0.3) is 0 Å². The summed E-state index contributed by atoms with van der Waals surface area (Å²) in [5.41, 5.74) is 0. The Morgan fingerprint density at radius 1 is 1.56 bits per heavy atom. The normalized spacial score (nSPS) is 14.2. The van der Waals surface area contributed by atoms with E-state index < -0.39 is 8.25 Å². The van der Waals surface area contributed by atoms with E-state index in [-0.39, 0.29) is 0 Å². The highest BCUT2D eigenvalue weighted by Gasteiger charge is 1.98. The Hall–Kier alpha value is 0.500.